The van der Waals surface area contributed by atoms with Crippen LogP contribution in [0.25, 0.3) is 22.7 Å². The number of para-hydroxylation sites is 2. The summed E-state index contributed by atoms with van der Waals surface area (Å²) >= 11 is 0. The number of ketones is 1. The van der Waals surface area contributed by atoms with Gasteiger partial charge in [0.2, 0.25) is 0 Å². The SMILES string of the molecule is O=C(/C=C/c1ccc(CNCCc2cn(-c3ccccc3)c3ccccc23)cc1)C1N=C1NO. The third-order valence-corrected chi connectivity index (χ3v) is 5.99. The van der Waals surface area contributed by atoms with Gasteiger partial charge in [-0.1, -0.05) is 66.7 Å². The summed E-state index contributed by atoms with van der Waals surface area (Å²) in [5, 5.41) is 13.6. The van der Waals surface area contributed by atoms with Crippen molar-refractivity contribution in [3.05, 3.63) is 108 Å². The minimum Gasteiger partial charge on any atom is -0.316 e. The first-order valence-corrected chi connectivity index (χ1v) is 11.4. The lowest BCUT2D eigenvalue weighted by molar-refractivity contribution is -0.113. The van der Waals surface area contributed by atoms with Gasteiger partial charge in [-0.15, -0.1) is 0 Å². The van der Waals surface area contributed by atoms with E-state index < -0.39 is 6.04 Å². The van der Waals surface area contributed by atoms with Crippen LogP contribution >= 0.6 is 0 Å². The molecule has 3 N–H and O–H groups in total. The predicted molar refractivity (Wildman–Crippen MR) is 135 cm³/mol. The van der Waals surface area contributed by atoms with Crippen molar-refractivity contribution in [1.29, 1.82) is 0 Å². The maximum absolute atomic E-state index is 11.9. The number of aliphatic imine (C=N–C) groups is 1. The van der Waals surface area contributed by atoms with Gasteiger partial charge in [-0.2, -0.15) is 0 Å². The molecule has 1 aliphatic heterocycles. The Morgan fingerprint density at radius 2 is 1.76 bits per heavy atom. The number of rotatable bonds is 9. The first-order valence-electron chi connectivity index (χ1n) is 11.4. The fourth-order valence-corrected chi connectivity index (χ4v) is 4.11. The Morgan fingerprint density at radius 3 is 2.53 bits per heavy atom. The van der Waals surface area contributed by atoms with Gasteiger partial charge in [-0.05, 0) is 53.9 Å². The monoisotopic (exact) mass is 450 g/mol. The zero-order valence-electron chi connectivity index (χ0n) is 18.7. The molecule has 0 fully saturated rings. The molecule has 2 heterocycles. The lowest BCUT2D eigenvalue weighted by atomic mass is 10.1. The van der Waals surface area contributed by atoms with Gasteiger partial charge in [-0.25, -0.2) is 4.99 Å². The highest BCUT2D eigenvalue weighted by atomic mass is 16.5. The molecule has 0 saturated heterocycles. The van der Waals surface area contributed by atoms with E-state index in [0.717, 1.165) is 25.1 Å². The Kier molecular flexibility index (Phi) is 6.33. The molecule has 4 aromatic rings. The third-order valence-electron chi connectivity index (χ3n) is 5.99. The Labute approximate surface area is 198 Å². The molecule has 1 unspecified atom stereocenters. The summed E-state index contributed by atoms with van der Waals surface area (Å²) in [6, 6.07) is 26.5. The van der Waals surface area contributed by atoms with Crippen molar-refractivity contribution >= 4 is 28.6 Å². The van der Waals surface area contributed by atoms with Crippen molar-refractivity contribution in [2.75, 3.05) is 6.54 Å². The number of hydroxylamine groups is 1. The standard InChI is InChI=1S/C28H26N4O2/c33-26(27-28(30-27)31-34)15-14-20-10-12-21(13-11-20)18-29-17-16-22-19-32(23-6-2-1-3-7-23)25-9-5-4-8-24(22)25/h1-15,19,27,29,34H,16-18H2,(H,30,31)/b15-14+. The largest absolute Gasteiger partial charge is 0.316 e. The number of hydrogen-bond donors (Lipinski definition) is 3. The minimum atomic E-state index is -0.550. The summed E-state index contributed by atoms with van der Waals surface area (Å²) in [6.45, 7) is 1.66. The summed E-state index contributed by atoms with van der Waals surface area (Å²) in [4.78, 5) is 15.7. The number of aromatic nitrogens is 1. The van der Waals surface area contributed by atoms with Crippen molar-refractivity contribution in [2.45, 2.75) is 19.0 Å². The Balaban J connectivity index is 1.15. The number of nitrogens with one attached hydrogen (secondary N) is 2. The van der Waals surface area contributed by atoms with Crippen molar-refractivity contribution in [3.63, 3.8) is 0 Å². The van der Waals surface area contributed by atoms with Gasteiger partial charge in [0.05, 0.1) is 5.52 Å². The first-order chi connectivity index (χ1) is 16.7. The van der Waals surface area contributed by atoms with E-state index in [2.05, 4.69) is 81.7 Å². The fourth-order valence-electron chi connectivity index (χ4n) is 4.11. The molecule has 1 aliphatic rings. The third kappa shape index (κ3) is 4.83. The second-order valence-electron chi connectivity index (χ2n) is 8.31. The Hall–Kier alpha value is -4.00. The van der Waals surface area contributed by atoms with Crippen molar-refractivity contribution in [3.8, 4) is 5.69 Å². The molecule has 34 heavy (non-hydrogen) atoms. The molecule has 0 aliphatic carbocycles. The molecular weight excluding hydrogens is 424 g/mol. The highest BCUT2D eigenvalue weighted by molar-refractivity contribution is 6.21. The van der Waals surface area contributed by atoms with Gasteiger partial charge in [0.1, 0.15) is 0 Å². The number of hydrogen-bond acceptors (Lipinski definition) is 5. The molecule has 0 bridgehead atoms. The number of amidine groups is 1. The molecule has 6 heteroatoms. The number of benzene rings is 3. The Morgan fingerprint density at radius 1 is 1.00 bits per heavy atom. The van der Waals surface area contributed by atoms with Crippen LogP contribution in [0.2, 0.25) is 0 Å². The molecule has 3 aromatic carbocycles. The second kappa shape index (κ2) is 9.87. The van der Waals surface area contributed by atoms with Gasteiger partial charge < -0.3 is 9.88 Å². The van der Waals surface area contributed by atoms with Crippen LogP contribution in [-0.2, 0) is 17.8 Å². The van der Waals surface area contributed by atoms with Crippen LogP contribution < -0.4 is 10.8 Å². The van der Waals surface area contributed by atoms with E-state index in [1.165, 1.54) is 33.8 Å². The van der Waals surface area contributed by atoms with Gasteiger partial charge in [-0.3, -0.25) is 15.5 Å². The highest BCUT2D eigenvalue weighted by Gasteiger charge is 2.33. The first kappa shape index (κ1) is 21.8. The zero-order chi connectivity index (χ0) is 23.3. The zero-order valence-corrected chi connectivity index (χ0v) is 18.7. The van der Waals surface area contributed by atoms with Crippen LogP contribution in [0.4, 0.5) is 0 Å². The number of fused-ring (bicyclic) bond motifs is 1. The average molecular weight is 451 g/mol. The quantitative estimate of drug-likeness (QED) is 0.202. The predicted octanol–water partition coefficient (Wildman–Crippen LogP) is 4.30. The van der Waals surface area contributed by atoms with E-state index in [1.807, 2.05) is 23.7 Å². The molecule has 0 saturated carbocycles. The van der Waals surface area contributed by atoms with E-state index in [9.17, 15) is 4.79 Å². The summed E-state index contributed by atoms with van der Waals surface area (Å²) in [5.74, 6) is 0.177. The number of carbonyl (C=O) groups excluding carboxylic acids is 1. The van der Waals surface area contributed by atoms with Crippen molar-refractivity contribution in [1.82, 2.24) is 15.4 Å². The van der Waals surface area contributed by atoms with Crippen LogP contribution in [-0.4, -0.2) is 34.0 Å². The minimum absolute atomic E-state index is 0.143. The van der Waals surface area contributed by atoms with E-state index in [0.29, 0.717) is 5.84 Å². The van der Waals surface area contributed by atoms with Gasteiger partial charge in [0.15, 0.2) is 17.7 Å². The molecule has 170 valence electrons. The maximum Gasteiger partial charge on any atom is 0.188 e. The van der Waals surface area contributed by atoms with Crippen molar-refractivity contribution < 1.29 is 10.0 Å². The van der Waals surface area contributed by atoms with Gasteiger partial charge in [0.25, 0.3) is 0 Å². The van der Waals surface area contributed by atoms with Crippen LogP contribution in [0.15, 0.2) is 96.1 Å². The summed E-state index contributed by atoms with van der Waals surface area (Å²) < 4.78 is 2.26. The van der Waals surface area contributed by atoms with Crippen LogP contribution in [0.1, 0.15) is 16.7 Å². The van der Waals surface area contributed by atoms with Crippen LogP contribution in [0, 0.1) is 0 Å². The smallest absolute Gasteiger partial charge is 0.188 e. The average Bonchev–Trinajstić information content (AvgIpc) is 3.60. The lowest BCUT2D eigenvalue weighted by Gasteiger charge is -2.05. The van der Waals surface area contributed by atoms with Crippen LogP contribution in [0.3, 0.4) is 0 Å². The topological polar surface area (TPSA) is 78.7 Å². The number of nitrogens with zero attached hydrogens (tertiary/aromatic N) is 2. The second-order valence-corrected chi connectivity index (χ2v) is 8.31. The fraction of sp³-hybridized carbons (Fsp3) is 0.143. The lowest BCUT2D eigenvalue weighted by Crippen LogP contribution is -2.20. The highest BCUT2D eigenvalue weighted by Crippen LogP contribution is 2.25. The summed E-state index contributed by atoms with van der Waals surface area (Å²) in [7, 11) is 0. The summed E-state index contributed by atoms with van der Waals surface area (Å²) in [6.07, 6.45) is 6.45. The van der Waals surface area contributed by atoms with Crippen LogP contribution in [0.5, 0.6) is 0 Å². The molecular formula is C28H26N4O2. The maximum atomic E-state index is 11.9. The molecule has 1 atom stereocenters. The molecule has 0 amide bonds. The van der Waals surface area contributed by atoms with E-state index >= 15 is 0 Å². The molecule has 0 radical (unpaired) electrons. The number of carbonyl (C=O) groups is 1. The normalized spacial score (nSPS) is 15.0. The Bertz CT molecular complexity index is 1350. The molecule has 0 spiro atoms. The summed E-state index contributed by atoms with van der Waals surface area (Å²) in [5.41, 5.74) is 7.78. The van der Waals surface area contributed by atoms with E-state index in [4.69, 9.17) is 5.21 Å². The van der Waals surface area contributed by atoms with Crippen molar-refractivity contribution in [2.24, 2.45) is 4.99 Å². The molecule has 6 nitrogen and oxygen atoms in total. The van der Waals surface area contributed by atoms with E-state index in [1.54, 1.807) is 6.08 Å². The molecule has 5 rings (SSSR count). The molecule has 1 aromatic heterocycles. The van der Waals surface area contributed by atoms with Gasteiger partial charge in [0, 0.05) is 23.8 Å². The van der Waals surface area contributed by atoms with Gasteiger partial charge >= 0.3 is 0 Å². The van der Waals surface area contributed by atoms with E-state index in [-0.39, 0.29) is 5.78 Å².